The Labute approximate surface area is 129 Å². The molecule has 0 fully saturated rings. The van der Waals surface area contributed by atoms with Crippen LogP contribution in [0.2, 0.25) is 0 Å². The van der Waals surface area contributed by atoms with Crippen molar-refractivity contribution in [3.8, 4) is 0 Å². The molecule has 0 aliphatic heterocycles. The lowest BCUT2D eigenvalue weighted by molar-refractivity contribution is -0.352. The molecule has 0 aromatic heterocycles. The molecule has 0 saturated carbocycles. The van der Waals surface area contributed by atoms with Gasteiger partial charge in [-0.3, -0.25) is 0 Å². The van der Waals surface area contributed by atoms with Gasteiger partial charge >= 0.3 is 18.5 Å². The van der Waals surface area contributed by atoms with E-state index in [0.29, 0.717) is 0 Å². The molecule has 0 aromatic rings. The zero-order valence-corrected chi connectivity index (χ0v) is 12.1. The molecule has 0 aliphatic carbocycles. The molecule has 1 atom stereocenters. The van der Waals surface area contributed by atoms with E-state index in [1.165, 1.54) is 0 Å². The van der Waals surface area contributed by atoms with Crippen LogP contribution in [-0.2, 0) is 0 Å². The first-order valence-corrected chi connectivity index (χ1v) is 6.50. The standard InChI is InChI=1S/C11H11F10NS/c12-8(10(16,17)18,11(19,20)21)5-7(9(13,14)15)3-1-2-4-22-6-23/h7H,1-5H2. The largest absolute Gasteiger partial charge is 0.431 e. The number of nitrogens with zero attached hydrogens (tertiary/aromatic N) is 1. The molecular formula is C11H11F10NS. The smallest absolute Gasteiger partial charge is 0.233 e. The third kappa shape index (κ3) is 6.25. The van der Waals surface area contributed by atoms with Crippen molar-refractivity contribution in [1.29, 1.82) is 0 Å². The Hall–Kier alpha value is -0.900. The molecule has 0 aromatic carbocycles. The number of hydrogen-bond donors (Lipinski definition) is 0. The van der Waals surface area contributed by atoms with Gasteiger partial charge in [0.1, 0.15) is 0 Å². The second-order valence-electron chi connectivity index (χ2n) is 4.71. The Kier molecular flexibility index (Phi) is 7.48. The Balaban J connectivity index is 5.23. The number of hydrogen-bond acceptors (Lipinski definition) is 2. The summed E-state index contributed by atoms with van der Waals surface area (Å²) in [6.45, 7) is -0.0760. The van der Waals surface area contributed by atoms with Gasteiger partial charge in [0.2, 0.25) is 0 Å². The second kappa shape index (κ2) is 7.78. The molecule has 0 N–H and O–H groups in total. The van der Waals surface area contributed by atoms with Gasteiger partial charge in [-0.1, -0.05) is 6.42 Å². The first kappa shape index (κ1) is 22.1. The van der Waals surface area contributed by atoms with Crippen molar-refractivity contribution in [3.63, 3.8) is 0 Å². The zero-order chi connectivity index (χ0) is 18.5. The number of halogens is 10. The summed E-state index contributed by atoms with van der Waals surface area (Å²) in [5.41, 5.74) is -5.92. The first-order valence-electron chi connectivity index (χ1n) is 6.09. The summed E-state index contributed by atoms with van der Waals surface area (Å²) in [6.07, 6.45) is -22.7. The molecule has 0 heterocycles. The van der Waals surface area contributed by atoms with Gasteiger partial charge in [0, 0.05) is 13.0 Å². The van der Waals surface area contributed by atoms with Crippen LogP contribution >= 0.6 is 12.2 Å². The van der Waals surface area contributed by atoms with Crippen molar-refractivity contribution in [1.82, 2.24) is 0 Å². The van der Waals surface area contributed by atoms with Crippen LogP contribution in [0, 0.1) is 5.92 Å². The van der Waals surface area contributed by atoms with Crippen molar-refractivity contribution in [2.75, 3.05) is 6.54 Å². The zero-order valence-electron chi connectivity index (χ0n) is 11.2. The predicted molar refractivity (Wildman–Crippen MR) is 63.9 cm³/mol. The van der Waals surface area contributed by atoms with Gasteiger partial charge in [0.05, 0.1) is 11.1 Å². The van der Waals surface area contributed by atoms with E-state index in [9.17, 15) is 43.9 Å². The Morgan fingerprint density at radius 2 is 1.30 bits per heavy atom. The highest BCUT2D eigenvalue weighted by atomic mass is 32.1. The number of aliphatic imine (C=N–C) groups is 1. The molecule has 1 nitrogen and oxygen atoms in total. The average Bonchev–Trinajstić information content (AvgIpc) is 2.32. The van der Waals surface area contributed by atoms with Crippen molar-refractivity contribution < 1.29 is 43.9 Å². The quantitative estimate of drug-likeness (QED) is 0.241. The van der Waals surface area contributed by atoms with Crippen LogP contribution < -0.4 is 0 Å². The Bertz CT molecular complexity index is 404. The SMILES string of the molecule is FC(F)(F)C(CCCCN=C=S)CC(F)(C(F)(F)F)C(F)(F)F. The predicted octanol–water partition coefficient (Wildman–Crippen LogP) is 5.66. The molecule has 0 amide bonds. The van der Waals surface area contributed by atoms with Crippen molar-refractivity contribution in [2.24, 2.45) is 10.9 Å². The van der Waals surface area contributed by atoms with Crippen LogP contribution in [0.5, 0.6) is 0 Å². The molecule has 0 saturated heterocycles. The van der Waals surface area contributed by atoms with E-state index >= 15 is 0 Å². The molecule has 0 rings (SSSR count). The first-order chi connectivity index (χ1) is 10.2. The molecule has 23 heavy (non-hydrogen) atoms. The molecule has 0 radical (unpaired) electrons. The van der Waals surface area contributed by atoms with Gasteiger partial charge in [0.25, 0.3) is 5.67 Å². The highest BCUT2D eigenvalue weighted by Crippen LogP contribution is 2.52. The maximum atomic E-state index is 13.4. The molecule has 0 bridgehead atoms. The number of alkyl halides is 10. The van der Waals surface area contributed by atoms with E-state index in [0.717, 1.165) is 0 Å². The minimum atomic E-state index is -6.50. The summed E-state index contributed by atoms with van der Waals surface area (Å²) in [5.74, 6) is -3.09. The third-order valence-electron chi connectivity index (χ3n) is 3.03. The van der Waals surface area contributed by atoms with Gasteiger partial charge in [-0.25, -0.2) is 9.38 Å². The Morgan fingerprint density at radius 3 is 1.65 bits per heavy atom. The molecule has 136 valence electrons. The van der Waals surface area contributed by atoms with Crippen molar-refractivity contribution >= 4 is 17.4 Å². The van der Waals surface area contributed by atoms with Crippen LogP contribution in [-0.4, -0.2) is 35.9 Å². The lowest BCUT2D eigenvalue weighted by atomic mass is 9.87. The maximum Gasteiger partial charge on any atom is 0.431 e. The summed E-state index contributed by atoms with van der Waals surface area (Å²) in [7, 11) is 0. The van der Waals surface area contributed by atoms with E-state index in [1.54, 1.807) is 0 Å². The fraction of sp³-hybridized carbons (Fsp3) is 0.909. The van der Waals surface area contributed by atoms with Crippen molar-refractivity contribution in [3.05, 3.63) is 0 Å². The summed E-state index contributed by atoms with van der Waals surface area (Å²) in [4.78, 5) is 3.33. The summed E-state index contributed by atoms with van der Waals surface area (Å²) < 4.78 is 125. The number of unbranched alkanes of at least 4 members (excludes halogenated alkanes) is 1. The van der Waals surface area contributed by atoms with E-state index in [-0.39, 0.29) is 13.0 Å². The monoisotopic (exact) mass is 379 g/mol. The highest BCUT2D eigenvalue weighted by molar-refractivity contribution is 7.78. The average molecular weight is 379 g/mol. The summed E-state index contributed by atoms with van der Waals surface area (Å²) in [5, 5.41) is 1.89. The lowest BCUT2D eigenvalue weighted by Crippen LogP contribution is -2.55. The van der Waals surface area contributed by atoms with Gasteiger partial charge in [-0.15, -0.1) is 0 Å². The molecule has 12 heteroatoms. The number of isothiocyanates is 1. The van der Waals surface area contributed by atoms with E-state index in [4.69, 9.17) is 0 Å². The minimum absolute atomic E-state index is 0.0620. The molecular weight excluding hydrogens is 368 g/mol. The molecule has 1 unspecified atom stereocenters. The fourth-order valence-corrected chi connectivity index (χ4v) is 1.83. The van der Waals surface area contributed by atoms with Crippen LogP contribution in [0.25, 0.3) is 0 Å². The van der Waals surface area contributed by atoms with E-state index in [1.807, 2.05) is 5.16 Å². The summed E-state index contributed by atoms with van der Waals surface area (Å²) >= 11 is 4.17. The van der Waals surface area contributed by atoms with Gasteiger partial charge in [-0.05, 0) is 25.1 Å². The van der Waals surface area contributed by atoms with Crippen LogP contribution in [0.4, 0.5) is 43.9 Å². The van der Waals surface area contributed by atoms with Gasteiger partial charge in [0.15, 0.2) is 0 Å². The molecule has 0 spiro atoms. The highest BCUT2D eigenvalue weighted by Gasteiger charge is 2.73. The fourth-order valence-electron chi connectivity index (χ4n) is 1.74. The lowest BCUT2D eigenvalue weighted by Gasteiger charge is -2.33. The van der Waals surface area contributed by atoms with Crippen LogP contribution in [0.3, 0.4) is 0 Å². The van der Waals surface area contributed by atoms with Gasteiger partial charge < -0.3 is 0 Å². The summed E-state index contributed by atoms with van der Waals surface area (Å²) in [6, 6.07) is 0. The Morgan fingerprint density at radius 1 is 0.826 bits per heavy atom. The second-order valence-corrected chi connectivity index (χ2v) is 4.89. The molecule has 0 aliphatic rings. The van der Waals surface area contributed by atoms with Crippen LogP contribution in [0.15, 0.2) is 4.99 Å². The third-order valence-corrected chi connectivity index (χ3v) is 3.16. The van der Waals surface area contributed by atoms with E-state index in [2.05, 4.69) is 17.2 Å². The number of thiocarbonyl (C=S) groups is 1. The van der Waals surface area contributed by atoms with E-state index < -0.39 is 49.4 Å². The number of rotatable bonds is 7. The van der Waals surface area contributed by atoms with Crippen molar-refractivity contribution in [2.45, 2.75) is 49.9 Å². The normalized spacial score (nSPS) is 15.2. The topological polar surface area (TPSA) is 12.4 Å². The maximum absolute atomic E-state index is 13.4. The minimum Gasteiger partial charge on any atom is -0.233 e. The van der Waals surface area contributed by atoms with Crippen LogP contribution in [0.1, 0.15) is 25.7 Å². The van der Waals surface area contributed by atoms with Gasteiger partial charge in [-0.2, -0.15) is 39.5 Å².